The third-order valence-electron chi connectivity index (χ3n) is 7.43. The summed E-state index contributed by atoms with van der Waals surface area (Å²) in [6.45, 7) is 0. The van der Waals surface area contributed by atoms with E-state index in [-0.39, 0.29) is 4.87 Å². The van der Waals surface area contributed by atoms with Crippen LogP contribution in [0.1, 0.15) is 37.7 Å². The molecule has 1 spiro atoms. The third-order valence-corrected chi connectivity index (χ3v) is 9.11. The summed E-state index contributed by atoms with van der Waals surface area (Å²) in [4.78, 5) is 0.101. The summed E-state index contributed by atoms with van der Waals surface area (Å²) < 4.78 is 5.35. The van der Waals surface area contributed by atoms with Crippen molar-refractivity contribution < 1.29 is 4.74 Å². The van der Waals surface area contributed by atoms with E-state index in [0.29, 0.717) is 0 Å². The maximum atomic E-state index is 5.35. The molecule has 144 valence electrons. The SMILES string of the molecule is COc1ccc(C2=NN(c3ccccc3)C3(S2)C2CC4CC(C2)CC3C4)cc1. The lowest BCUT2D eigenvalue weighted by molar-refractivity contribution is -0.0162. The number of benzene rings is 2. The van der Waals surface area contributed by atoms with E-state index < -0.39 is 0 Å². The van der Waals surface area contributed by atoms with Crippen molar-refractivity contribution in [3.05, 3.63) is 60.2 Å². The van der Waals surface area contributed by atoms with Crippen LogP contribution in [-0.4, -0.2) is 17.0 Å². The second kappa shape index (κ2) is 6.28. The Balaban J connectivity index is 1.44. The topological polar surface area (TPSA) is 24.8 Å². The quantitative estimate of drug-likeness (QED) is 0.666. The first-order valence-electron chi connectivity index (χ1n) is 10.5. The van der Waals surface area contributed by atoms with Gasteiger partial charge in [-0.1, -0.05) is 30.0 Å². The number of ether oxygens (including phenoxy) is 1. The number of rotatable bonds is 3. The van der Waals surface area contributed by atoms with Gasteiger partial charge in [-0.2, -0.15) is 5.10 Å². The summed E-state index contributed by atoms with van der Waals surface area (Å²) in [7, 11) is 1.72. The van der Waals surface area contributed by atoms with Crippen LogP contribution in [0.3, 0.4) is 0 Å². The number of hydrogen-bond acceptors (Lipinski definition) is 4. The summed E-state index contributed by atoms with van der Waals surface area (Å²) in [5, 5.41) is 8.84. The van der Waals surface area contributed by atoms with Crippen LogP contribution >= 0.6 is 11.8 Å². The molecule has 4 fully saturated rings. The van der Waals surface area contributed by atoms with Gasteiger partial charge >= 0.3 is 0 Å². The van der Waals surface area contributed by atoms with Gasteiger partial charge in [-0.15, -0.1) is 0 Å². The molecule has 3 nitrogen and oxygen atoms in total. The highest BCUT2D eigenvalue weighted by atomic mass is 32.2. The Morgan fingerprint density at radius 1 is 0.893 bits per heavy atom. The maximum Gasteiger partial charge on any atom is 0.126 e. The minimum Gasteiger partial charge on any atom is -0.497 e. The van der Waals surface area contributed by atoms with E-state index in [1.165, 1.54) is 48.4 Å². The molecule has 0 unspecified atom stereocenters. The van der Waals surface area contributed by atoms with E-state index >= 15 is 0 Å². The highest BCUT2D eigenvalue weighted by Gasteiger charge is 2.63. The van der Waals surface area contributed by atoms with Gasteiger partial charge in [0.05, 0.1) is 12.8 Å². The van der Waals surface area contributed by atoms with Crippen molar-refractivity contribution in [1.29, 1.82) is 0 Å². The van der Waals surface area contributed by atoms with Gasteiger partial charge in [0.1, 0.15) is 15.7 Å². The minimum absolute atomic E-state index is 0.101. The molecular formula is C24H26N2OS. The number of anilines is 1. The molecule has 2 aromatic rings. The Kier molecular flexibility index (Phi) is 3.81. The van der Waals surface area contributed by atoms with Crippen molar-refractivity contribution in [3.8, 4) is 5.75 Å². The minimum atomic E-state index is 0.101. The first-order chi connectivity index (χ1) is 13.8. The second-order valence-electron chi connectivity index (χ2n) is 8.94. The van der Waals surface area contributed by atoms with Gasteiger partial charge in [0.15, 0.2) is 0 Å². The molecule has 1 heterocycles. The van der Waals surface area contributed by atoms with E-state index in [9.17, 15) is 0 Å². The number of methoxy groups -OCH3 is 1. The van der Waals surface area contributed by atoms with E-state index in [0.717, 1.165) is 29.4 Å². The number of para-hydroxylation sites is 1. The molecule has 0 radical (unpaired) electrons. The average molecular weight is 391 g/mol. The predicted molar refractivity (Wildman–Crippen MR) is 116 cm³/mol. The Labute approximate surface area is 171 Å². The molecule has 0 N–H and O–H groups in total. The van der Waals surface area contributed by atoms with E-state index in [2.05, 4.69) is 59.2 Å². The lowest BCUT2D eigenvalue weighted by Gasteiger charge is -2.61. The molecule has 0 amide bonds. The first kappa shape index (κ1) is 17.0. The second-order valence-corrected chi connectivity index (χ2v) is 10.2. The molecule has 0 saturated heterocycles. The zero-order valence-corrected chi connectivity index (χ0v) is 17.1. The summed E-state index contributed by atoms with van der Waals surface area (Å²) in [5.41, 5.74) is 2.45. The number of thioether (sulfide) groups is 1. The molecule has 1 aliphatic heterocycles. The van der Waals surface area contributed by atoms with Crippen molar-refractivity contribution in [3.63, 3.8) is 0 Å². The Morgan fingerprint density at radius 2 is 1.54 bits per heavy atom. The monoisotopic (exact) mass is 390 g/mol. The maximum absolute atomic E-state index is 5.35. The molecule has 5 aliphatic rings. The largest absolute Gasteiger partial charge is 0.497 e. The zero-order valence-electron chi connectivity index (χ0n) is 16.3. The van der Waals surface area contributed by atoms with Gasteiger partial charge in [-0.05, 0) is 92.2 Å². The van der Waals surface area contributed by atoms with Crippen LogP contribution in [0.5, 0.6) is 5.75 Å². The normalized spacial score (nSPS) is 35.5. The average Bonchev–Trinajstić information content (AvgIpc) is 3.14. The van der Waals surface area contributed by atoms with Gasteiger partial charge in [0.25, 0.3) is 0 Å². The molecule has 4 saturated carbocycles. The van der Waals surface area contributed by atoms with Gasteiger partial charge in [0.2, 0.25) is 0 Å². The van der Waals surface area contributed by atoms with E-state index in [4.69, 9.17) is 9.84 Å². The lowest BCUT2D eigenvalue weighted by Crippen LogP contribution is -2.61. The van der Waals surface area contributed by atoms with Gasteiger partial charge in [-0.25, -0.2) is 5.01 Å². The van der Waals surface area contributed by atoms with Gasteiger partial charge in [0, 0.05) is 5.56 Å². The van der Waals surface area contributed by atoms with Gasteiger partial charge < -0.3 is 4.74 Å². The highest BCUT2D eigenvalue weighted by Crippen LogP contribution is 2.66. The molecule has 28 heavy (non-hydrogen) atoms. The fraction of sp³-hybridized carbons (Fsp3) is 0.458. The summed E-state index contributed by atoms with van der Waals surface area (Å²) in [6, 6.07) is 19.3. The lowest BCUT2D eigenvalue weighted by atomic mass is 9.53. The van der Waals surface area contributed by atoms with Crippen molar-refractivity contribution >= 4 is 22.5 Å². The molecule has 0 aromatic heterocycles. The van der Waals surface area contributed by atoms with Crippen LogP contribution in [0.15, 0.2) is 59.7 Å². The highest BCUT2D eigenvalue weighted by molar-refractivity contribution is 8.16. The summed E-state index contributed by atoms with van der Waals surface area (Å²) in [5.74, 6) is 4.30. The summed E-state index contributed by atoms with van der Waals surface area (Å²) in [6.07, 6.45) is 7.01. The van der Waals surface area contributed by atoms with Crippen molar-refractivity contribution in [2.24, 2.45) is 28.8 Å². The van der Waals surface area contributed by atoms with Crippen molar-refractivity contribution in [1.82, 2.24) is 0 Å². The predicted octanol–water partition coefficient (Wildman–Crippen LogP) is 5.76. The molecule has 7 rings (SSSR count). The molecule has 2 aromatic carbocycles. The smallest absolute Gasteiger partial charge is 0.126 e. The fourth-order valence-electron chi connectivity index (χ4n) is 6.44. The van der Waals surface area contributed by atoms with Crippen LogP contribution < -0.4 is 9.75 Å². The van der Waals surface area contributed by atoms with Crippen molar-refractivity contribution in [2.75, 3.05) is 12.1 Å². The first-order valence-corrected chi connectivity index (χ1v) is 11.3. The van der Waals surface area contributed by atoms with E-state index in [1.54, 1.807) is 7.11 Å². The van der Waals surface area contributed by atoms with Crippen LogP contribution in [0.25, 0.3) is 0 Å². The Hall–Kier alpha value is -1.94. The standard InChI is InChI=1S/C24H26N2OS/c1-27-22-9-7-18(8-10-22)23-25-26(21-5-3-2-4-6-21)24(28-23)19-12-16-11-17(14-19)15-20(24)13-16/h2-10,16-17,19-20H,11-15H2,1H3. The molecule has 4 bridgehead atoms. The Bertz CT molecular complexity index is 880. The number of hydrogen-bond donors (Lipinski definition) is 0. The third kappa shape index (κ3) is 2.40. The number of hydrazone groups is 1. The van der Waals surface area contributed by atoms with E-state index in [1.807, 2.05) is 12.1 Å². The summed E-state index contributed by atoms with van der Waals surface area (Å²) >= 11 is 2.05. The fourth-order valence-corrected chi connectivity index (χ4v) is 8.08. The van der Waals surface area contributed by atoms with Crippen LogP contribution in [0.2, 0.25) is 0 Å². The Morgan fingerprint density at radius 3 is 2.14 bits per heavy atom. The van der Waals surface area contributed by atoms with Crippen LogP contribution in [0, 0.1) is 23.7 Å². The van der Waals surface area contributed by atoms with Crippen molar-refractivity contribution in [2.45, 2.75) is 37.0 Å². The molecule has 4 heteroatoms. The van der Waals surface area contributed by atoms with Crippen LogP contribution in [-0.2, 0) is 0 Å². The van der Waals surface area contributed by atoms with Gasteiger partial charge in [-0.3, -0.25) is 0 Å². The number of nitrogens with zero attached hydrogens (tertiary/aromatic N) is 2. The molecule has 0 atom stereocenters. The van der Waals surface area contributed by atoms with Crippen LogP contribution in [0.4, 0.5) is 5.69 Å². The zero-order chi connectivity index (χ0) is 18.7. The molecule has 4 aliphatic carbocycles. The molecular weight excluding hydrogens is 364 g/mol.